The highest BCUT2D eigenvalue weighted by molar-refractivity contribution is 8.14. The lowest BCUT2D eigenvalue weighted by atomic mass is 9.94. The van der Waals surface area contributed by atoms with Gasteiger partial charge in [-0.3, -0.25) is 9.98 Å². The van der Waals surface area contributed by atoms with E-state index in [1.165, 1.54) is 24.1 Å². The number of anilines is 1. The fourth-order valence-corrected chi connectivity index (χ4v) is 6.14. The van der Waals surface area contributed by atoms with Gasteiger partial charge in [-0.2, -0.15) is 0 Å². The normalized spacial score (nSPS) is 26.0. The van der Waals surface area contributed by atoms with Gasteiger partial charge in [-0.1, -0.05) is 30.8 Å². The molecule has 3 aliphatic rings. The predicted octanol–water partition coefficient (Wildman–Crippen LogP) is 4.67. The number of pyridine rings is 1. The minimum atomic E-state index is -0.000383. The van der Waals surface area contributed by atoms with Crippen LogP contribution in [0.2, 0.25) is 0 Å². The average Bonchev–Trinajstić information content (AvgIpc) is 3.50. The zero-order valence-electron chi connectivity index (χ0n) is 17.1. The first-order valence-electron chi connectivity index (χ1n) is 10.6. The van der Waals surface area contributed by atoms with E-state index < -0.39 is 0 Å². The molecule has 152 valence electrons. The predicted molar refractivity (Wildman–Crippen MR) is 120 cm³/mol. The van der Waals surface area contributed by atoms with E-state index in [0.717, 1.165) is 41.9 Å². The molecule has 2 aromatic rings. The Balaban J connectivity index is 1.57. The molecule has 0 spiro atoms. The summed E-state index contributed by atoms with van der Waals surface area (Å²) in [6.07, 6.45) is 5.53. The maximum atomic E-state index is 5.93. The highest BCUT2D eigenvalue weighted by Gasteiger charge is 2.46. The molecule has 0 aliphatic carbocycles. The van der Waals surface area contributed by atoms with Crippen molar-refractivity contribution in [2.24, 2.45) is 4.99 Å². The van der Waals surface area contributed by atoms with Crippen LogP contribution in [0.4, 0.5) is 5.69 Å². The van der Waals surface area contributed by atoms with Crippen molar-refractivity contribution in [1.29, 1.82) is 0 Å². The van der Waals surface area contributed by atoms with Crippen molar-refractivity contribution in [2.45, 2.75) is 44.3 Å². The summed E-state index contributed by atoms with van der Waals surface area (Å²) in [6, 6.07) is 13.5. The molecule has 4 heterocycles. The minimum Gasteiger partial charge on any atom is -0.496 e. The second-order valence-corrected chi connectivity index (χ2v) is 8.94. The molecule has 2 saturated heterocycles. The van der Waals surface area contributed by atoms with Crippen LogP contribution in [0.25, 0.3) is 0 Å². The van der Waals surface area contributed by atoms with Gasteiger partial charge in [-0.15, -0.1) is 0 Å². The molecule has 29 heavy (non-hydrogen) atoms. The van der Waals surface area contributed by atoms with Gasteiger partial charge in [-0.25, -0.2) is 0 Å². The quantitative estimate of drug-likeness (QED) is 0.719. The van der Waals surface area contributed by atoms with Gasteiger partial charge in [0.05, 0.1) is 18.8 Å². The van der Waals surface area contributed by atoms with E-state index in [1.807, 2.05) is 24.0 Å². The lowest BCUT2D eigenvalue weighted by Gasteiger charge is -2.33. The van der Waals surface area contributed by atoms with Gasteiger partial charge >= 0.3 is 0 Å². The number of amidine groups is 1. The van der Waals surface area contributed by atoms with Crippen LogP contribution in [-0.4, -0.2) is 47.0 Å². The standard InChI is InChI=1S/C23H28N4OS/c1-3-16-15-29-23-25-21(19-8-4-5-11-24-19)22(27(16)23)18-10-9-17(14-20(18)28-2)26-12-6-7-13-26/h4-5,8-11,14,16,21-22H,3,6-7,12-13,15H2,1-2H3/t16-,21+,22+/m0/s1. The summed E-state index contributed by atoms with van der Waals surface area (Å²) in [5.41, 5.74) is 3.51. The van der Waals surface area contributed by atoms with Crippen LogP contribution in [0.3, 0.4) is 0 Å². The van der Waals surface area contributed by atoms with Gasteiger partial charge in [0.25, 0.3) is 0 Å². The summed E-state index contributed by atoms with van der Waals surface area (Å²) >= 11 is 1.88. The van der Waals surface area contributed by atoms with Crippen LogP contribution in [0, 0.1) is 0 Å². The summed E-state index contributed by atoms with van der Waals surface area (Å²) in [7, 11) is 1.79. The van der Waals surface area contributed by atoms with Crippen molar-refractivity contribution in [3.05, 3.63) is 53.9 Å². The maximum Gasteiger partial charge on any atom is 0.160 e. The van der Waals surface area contributed by atoms with Crippen molar-refractivity contribution in [3.8, 4) is 5.75 Å². The molecule has 0 unspecified atom stereocenters. The third-order valence-electron chi connectivity index (χ3n) is 6.34. The van der Waals surface area contributed by atoms with Crippen LogP contribution < -0.4 is 9.64 Å². The summed E-state index contributed by atoms with van der Waals surface area (Å²) < 4.78 is 5.93. The number of fused-ring (bicyclic) bond motifs is 1. The van der Waals surface area contributed by atoms with Gasteiger partial charge in [0.2, 0.25) is 0 Å². The largest absolute Gasteiger partial charge is 0.496 e. The Morgan fingerprint density at radius 2 is 2.03 bits per heavy atom. The molecule has 5 rings (SSSR count). The number of nitrogens with zero attached hydrogens (tertiary/aromatic N) is 4. The molecule has 1 aromatic heterocycles. The Morgan fingerprint density at radius 1 is 1.17 bits per heavy atom. The Kier molecular flexibility index (Phi) is 5.12. The topological polar surface area (TPSA) is 41.0 Å². The molecule has 0 bridgehead atoms. The lowest BCUT2D eigenvalue weighted by Crippen LogP contribution is -2.35. The Labute approximate surface area is 177 Å². The molecule has 6 heteroatoms. The summed E-state index contributed by atoms with van der Waals surface area (Å²) in [6.45, 7) is 4.54. The molecule has 3 aliphatic heterocycles. The van der Waals surface area contributed by atoms with Crippen molar-refractivity contribution in [3.63, 3.8) is 0 Å². The Morgan fingerprint density at radius 3 is 2.76 bits per heavy atom. The highest BCUT2D eigenvalue weighted by atomic mass is 32.2. The van der Waals surface area contributed by atoms with E-state index in [1.54, 1.807) is 7.11 Å². The number of thioether (sulfide) groups is 1. The monoisotopic (exact) mass is 408 g/mol. The molecular weight excluding hydrogens is 380 g/mol. The average molecular weight is 409 g/mol. The fourth-order valence-electron chi connectivity index (χ4n) is 4.80. The van der Waals surface area contributed by atoms with Gasteiger partial charge in [0.15, 0.2) is 5.17 Å². The molecule has 2 fully saturated rings. The van der Waals surface area contributed by atoms with Crippen molar-refractivity contribution in [2.75, 3.05) is 30.9 Å². The number of hydrogen-bond donors (Lipinski definition) is 0. The first-order chi connectivity index (χ1) is 14.3. The number of aliphatic imine (C=N–C) groups is 1. The number of rotatable bonds is 5. The third kappa shape index (κ3) is 3.27. The minimum absolute atomic E-state index is 0.000383. The zero-order valence-corrected chi connectivity index (χ0v) is 17.9. The molecule has 0 saturated carbocycles. The molecule has 1 aromatic carbocycles. The van der Waals surface area contributed by atoms with Gasteiger partial charge in [0.1, 0.15) is 11.8 Å². The number of benzene rings is 1. The summed E-state index contributed by atoms with van der Waals surface area (Å²) in [4.78, 5) is 14.8. The van der Waals surface area contributed by atoms with Crippen molar-refractivity contribution in [1.82, 2.24) is 9.88 Å². The fraction of sp³-hybridized carbons (Fsp3) is 0.478. The smallest absolute Gasteiger partial charge is 0.160 e. The first kappa shape index (κ1) is 18.8. The van der Waals surface area contributed by atoms with Crippen molar-refractivity contribution < 1.29 is 4.74 Å². The van der Waals surface area contributed by atoms with E-state index >= 15 is 0 Å². The molecule has 5 nitrogen and oxygen atoms in total. The SMILES string of the molecule is CC[C@H]1CSC2=N[C@H](c3ccccn3)[C@@H](c3ccc(N4CCCC4)cc3OC)N21. The van der Waals surface area contributed by atoms with Crippen molar-refractivity contribution >= 4 is 22.6 Å². The van der Waals surface area contributed by atoms with E-state index in [4.69, 9.17) is 9.73 Å². The van der Waals surface area contributed by atoms with Gasteiger partial charge in [-0.05, 0) is 37.5 Å². The van der Waals surface area contributed by atoms with Crippen LogP contribution in [0.1, 0.15) is 49.5 Å². The van der Waals surface area contributed by atoms with E-state index in [9.17, 15) is 0 Å². The Bertz CT molecular complexity index is 897. The van der Waals surface area contributed by atoms with Gasteiger partial charge < -0.3 is 14.5 Å². The second kappa shape index (κ2) is 7.90. The molecule has 0 amide bonds. The molecule has 0 N–H and O–H groups in total. The first-order valence-corrected chi connectivity index (χ1v) is 11.6. The maximum absolute atomic E-state index is 5.93. The molecule has 3 atom stereocenters. The van der Waals surface area contributed by atoms with Gasteiger partial charge in [0, 0.05) is 48.4 Å². The molecular formula is C23H28N4OS. The number of aromatic nitrogens is 1. The van der Waals surface area contributed by atoms with E-state index in [-0.39, 0.29) is 12.1 Å². The van der Waals surface area contributed by atoms with Crippen LogP contribution in [0.15, 0.2) is 47.6 Å². The van der Waals surface area contributed by atoms with Crippen LogP contribution in [-0.2, 0) is 0 Å². The lowest BCUT2D eigenvalue weighted by molar-refractivity contribution is 0.249. The zero-order chi connectivity index (χ0) is 19.8. The summed E-state index contributed by atoms with van der Waals surface area (Å²) in [5, 5.41) is 1.16. The molecule has 0 radical (unpaired) electrons. The Hall–Kier alpha value is -2.21. The number of methoxy groups -OCH3 is 1. The third-order valence-corrected chi connectivity index (χ3v) is 7.46. The second-order valence-electron chi connectivity index (χ2n) is 7.96. The number of ether oxygens (including phenoxy) is 1. The van der Waals surface area contributed by atoms with Crippen LogP contribution >= 0.6 is 11.8 Å². The summed E-state index contributed by atoms with van der Waals surface area (Å²) in [5.74, 6) is 2.07. The van der Waals surface area contributed by atoms with Crippen LogP contribution in [0.5, 0.6) is 5.75 Å². The van der Waals surface area contributed by atoms with E-state index in [2.05, 4.69) is 52.0 Å². The number of hydrogen-bond acceptors (Lipinski definition) is 6. The highest BCUT2D eigenvalue weighted by Crippen LogP contribution is 2.50. The van der Waals surface area contributed by atoms with E-state index in [0.29, 0.717) is 6.04 Å².